The van der Waals surface area contributed by atoms with Gasteiger partial charge in [0.25, 0.3) is 6.43 Å². The van der Waals surface area contributed by atoms with E-state index in [9.17, 15) is 13.6 Å². The van der Waals surface area contributed by atoms with E-state index in [-0.39, 0.29) is 22.3 Å². The van der Waals surface area contributed by atoms with Gasteiger partial charge in [-0.15, -0.1) is 0 Å². The summed E-state index contributed by atoms with van der Waals surface area (Å²) in [5.41, 5.74) is -0.780. The lowest BCUT2D eigenvalue weighted by atomic mass is 10.2. The van der Waals surface area contributed by atoms with Crippen molar-refractivity contribution in [1.82, 2.24) is 4.98 Å². The Hall–Kier alpha value is -0.940. The largest absolute Gasteiger partial charge is 0.462 e. The number of carbonyl (C=O) groups excluding carboxylic acids is 1. The van der Waals surface area contributed by atoms with Gasteiger partial charge in [-0.3, -0.25) is 0 Å². The normalized spacial score (nSPS) is 10.6. The molecular weight excluding hydrogens is 263 g/mol. The van der Waals surface area contributed by atoms with Gasteiger partial charge in [-0.1, -0.05) is 23.2 Å². The maximum atomic E-state index is 12.4. The van der Waals surface area contributed by atoms with Crippen molar-refractivity contribution in [3.05, 3.63) is 27.5 Å². The van der Waals surface area contributed by atoms with E-state index in [0.717, 1.165) is 6.07 Å². The third kappa shape index (κ3) is 2.80. The predicted octanol–water partition coefficient (Wildman–Crippen LogP) is 3.50. The van der Waals surface area contributed by atoms with Crippen LogP contribution < -0.4 is 0 Å². The average molecular weight is 270 g/mol. The summed E-state index contributed by atoms with van der Waals surface area (Å²) in [5, 5.41) is -0.666. The van der Waals surface area contributed by atoms with Crippen LogP contribution in [0.2, 0.25) is 10.2 Å². The number of halogens is 4. The van der Waals surface area contributed by atoms with Crippen molar-refractivity contribution in [2.24, 2.45) is 0 Å². The number of pyridine rings is 1. The maximum Gasteiger partial charge on any atom is 0.341 e. The maximum absolute atomic E-state index is 12.4. The van der Waals surface area contributed by atoms with E-state index in [0.29, 0.717) is 0 Å². The van der Waals surface area contributed by atoms with E-state index < -0.39 is 18.1 Å². The second-order valence-corrected chi connectivity index (χ2v) is 3.48. The molecule has 88 valence electrons. The first-order valence-electron chi connectivity index (χ1n) is 4.28. The molecular formula is C9H7Cl2F2NO2. The highest BCUT2D eigenvalue weighted by Crippen LogP contribution is 2.29. The standard InChI is InChI=1S/C9H7Cl2F2NO2/c1-2-16-9(15)4-3-5(10)6(8(12)13)14-7(4)11/h3,8H,2H2,1H3. The Labute approximate surface area is 100 Å². The topological polar surface area (TPSA) is 39.2 Å². The Kier molecular flexibility index (Phi) is 4.44. The number of alkyl halides is 2. The number of carbonyl (C=O) groups is 1. The number of esters is 1. The highest BCUT2D eigenvalue weighted by atomic mass is 35.5. The van der Waals surface area contributed by atoms with Crippen molar-refractivity contribution in [3.63, 3.8) is 0 Å². The predicted molar refractivity (Wildman–Crippen MR) is 55.2 cm³/mol. The van der Waals surface area contributed by atoms with E-state index >= 15 is 0 Å². The number of ether oxygens (including phenoxy) is 1. The second kappa shape index (κ2) is 5.41. The smallest absolute Gasteiger partial charge is 0.341 e. The van der Waals surface area contributed by atoms with Crippen molar-refractivity contribution < 1.29 is 18.3 Å². The average Bonchev–Trinajstić information content (AvgIpc) is 2.20. The van der Waals surface area contributed by atoms with Crippen LogP contribution in [0.25, 0.3) is 0 Å². The summed E-state index contributed by atoms with van der Waals surface area (Å²) in [6, 6.07) is 1.02. The number of rotatable bonds is 3. The van der Waals surface area contributed by atoms with Gasteiger partial charge in [0.15, 0.2) is 0 Å². The van der Waals surface area contributed by atoms with Crippen LogP contribution in [-0.2, 0) is 4.74 Å². The summed E-state index contributed by atoms with van der Waals surface area (Å²) in [7, 11) is 0. The lowest BCUT2D eigenvalue weighted by molar-refractivity contribution is 0.0525. The molecule has 0 spiro atoms. The first-order chi connectivity index (χ1) is 7.47. The Balaban J connectivity index is 3.15. The van der Waals surface area contributed by atoms with Crippen molar-refractivity contribution in [2.75, 3.05) is 6.61 Å². The van der Waals surface area contributed by atoms with E-state index in [4.69, 9.17) is 23.2 Å². The summed E-state index contributed by atoms with van der Waals surface area (Å²) >= 11 is 11.1. The zero-order valence-corrected chi connectivity index (χ0v) is 9.65. The molecule has 0 atom stereocenters. The minimum Gasteiger partial charge on any atom is -0.462 e. The Morgan fingerprint density at radius 1 is 1.56 bits per heavy atom. The fourth-order valence-electron chi connectivity index (χ4n) is 0.985. The molecule has 0 unspecified atom stereocenters. The van der Waals surface area contributed by atoms with Crippen LogP contribution >= 0.6 is 23.2 Å². The molecule has 0 aliphatic heterocycles. The summed E-state index contributed by atoms with van der Waals surface area (Å²) in [5.74, 6) is -0.747. The SMILES string of the molecule is CCOC(=O)c1cc(Cl)c(C(F)F)nc1Cl. The summed E-state index contributed by atoms with van der Waals surface area (Å²) in [6.45, 7) is 1.75. The lowest BCUT2D eigenvalue weighted by Gasteiger charge is -2.07. The molecule has 1 aromatic heterocycles. The Morgan fingerprint density at radius 3 is 2.69 bits per heavy atom. The molecule has 1 aromatic rings. The molecule has 3 nitrogen and oxygen atoms in total. The van der Waals surface area contributed by atoms with Gasteiger partial charge in [0.05, 0.1) is 17.2 Å². The van der Waals surface area contributed by atoms with Crippen LogP contribution in [0.5, 0.6) is 0 Å². The van der Waals surface area contributed by atoms with Crippen molar-refractivity contribution in [2.45, 2.75) is 13.3 Å². The lowest BCUT2D eigenvalue weighted by Crippen LogP contribution is -2.07. The zero-order chi connectivity index (χ0) is 12.3. The monoisotopic (exact) mass is 269 g/mol. The fourth-order valence-corrected chi connectivity index (χ4v) is 1.44. The summed E-state index contributed by atoms with van der Waals surface area (Å²) in [6.07, 6.45) is -2.85. The van der Waals surface area contributed by atoms with Crippen LogP contribution in [0.15, 0.2) is 6.07 Å². The van der Waals surface area contributed by atoms with Crippen LogP contribution in [0.4, 0.5) is 8.78 Å². The van der Waals surface area contributed by atoms with Gasteiger partial charge in [-0.25, -0.2) is 18.6 Å². The molecule has 7 heteroatoms. The zero-order valence-electron chi connectivity index (χ0n) is 8.14. The molecule has 1 rings (SSSR count). The molecule has 0 aromatic carbocycles. The van der Waals surface area contributed by atoms with Crippen LogP contribution in [0, 0.1) is 0 Å². The van der Waals surface area contributed by atoms with Crippen LogP contribution in [0.3, 0.4) is 0 Å². The third-order valence-corrected chi connectivity index (χ3v) is 2.25. The van der Waals surface area contributed by atoms with Gasteiger partial charge in [0.1, 0.15) is 10.8 Å². The van der Waals surface area contributed by atoms with Gasteiger partial charge < -0.3 is 4.74 Å². The first-order valence-corrected chi connectivity index (χ1v) is 5.04. The van der Waals surface area contributed by atoms with Gasteiger partial charge in [-0.05, 0) is 13.0 Å². The highest BCUT2D eigenvalue weighted by molar-refractivity contribution is 6.34. The molecule has 0 aliphatic carbocycles. The molecule has 0 N–H and O–H groups in total. The molecule has 0 bridgehead atoms. The van der Waals surface area contributed by atoms with E-state index in [1.54, 1.807) is 6.92 Å². The van der Waals surface area contributed by atoms with Crippen LogP contribution in [0.1, 0.15) is 29.4 Å². The number of hydrogen-bond donors (Lipinski definition) is 0. The third-order valence-electron chi connectivity index (χ3n) is 1.66. The summed E-state index contributed by atoms with van der Waals surface area (Å²) in [4.78, 5) is 14.7. The van der Waals surface area contributed by atoms with E-state index in [1.807, 2.05) is 0 Å². The van der Waals surface area contributed by atoms with Crippen molar-refractivity contribution in [3.8, 4) is 0 Å². The molecule has 0 saturated heterocycles. The van der Waals surface area contributed by atoms with Gasteiger partial charge in [0, 0.05) is 0 Å². The molecule has 1 heterocycles. The number of nitrogens with zero attached hydrogens (tertiary/aromatic N) is 1. The molecule has 0 aliphatic rings. The van der Waals surface area contributed by atoms with E-state index in [2.05, 4.69) is 9.72 Å². The molecule has 16 heavy (non-hydrogen) atoms. The van der Waals surface area contributed by atoms with Gasteiger partial charge >= 0.3 is 5.97 Å². The molecule has 0 amide bonds. The Bertz CT molecular complexity index is 413. The Morgan fingerprint density at radius 2 is 2.19 bits per heavy atom. The fraction of sp³-hybridized carbons (Fsp3) is 0.333. The minimum absolute atomic E-state index is 0.127. The minimum atomic E-state index is -2.85. The van der Waals surface area contributed by atoms with Crippen molar-refractivity contribution >= 4 is 29.2 Å². The number of hydrogen-bond acceptors (Lipinski definition) is 3. The quantitative estimate of drug-likeness (QED) is 0.623. The first kappa shape index (κ1) is 13.1. The molecule has 0 radical (unpaired) electrons. The molecule has 0 fully saturated rings. The van der Waals surface area contributed by atoms with E-state index in [1.165, 1.54) is 0 Å². The van der Waals surface area contributed by atoms with Gasteiger partial charge in [0.2, 0.25) is 0 Å². The summed E-state index contributed by atoms with van der Waals surface area (Å²) < 4.78 is 29.4. The van der Waals surface area contributed by atoms with Crippen LogP contribution in [-0.4, -0.2) is 17.6 Å². The highest BCUT2D eigenvalue weighted by Gasteiger charge is 2.20. The van der Waals surface area contributed by atoms with Gasteiger partial charge in [-0.2, -0.15) is 0 Å². The number of aromatic nitrogens is 1. The second-order valence-electron chi connectivity index (χ2n) is 2.71. The molecule has 0 saturated carbocycles. The van der Waals surface area contributed by atoms with Crippen molar-refractivity contribution in [1.29, 1.82) is 0 Å².